The van der Waals surface area contributed by atoms with Gasteiger partial charge in [-0.2, -0.15) is 0 Å². The Labute approximate surface area is 108 Å². The maximum atomic E-state index is 12.6. The minimum Gasteiger partial charge on any atom is -0.294 e. The van der Waals surface area contributed by atoms with E-state index in [9.17, 15) is 4.79 Å². The predicted molar refractivity (Wildman–Crippen MR) is 69.9 cm³/mol. The van der Waals surface area contributed by atoms with Crippen LogP contribution < -0.4 is 0 Å². The molecule has 0 aromatic heterocycles. The van der Waals surface area contributed by atoms with E-state index in [0.29, 0.717) is 5.78 Å². The van der Waals surface area contributed by atoms with Crippen LogP contribution in [0.1, 0.15) is 44.9 Å². The van der Waals surface area contributed by atoms with Crippen molar-refractivity contribution >= 4 is 5.78 Å². The summed E-state index contributed by atoms with van der Waals surface area (Å²) in [6.45, 7) is 0. The zero-order valence-corrected chi connectivity index (χ0v) is 10.8. The van der Waals surface area contributed by atoms with Crippen LogP contribution in [0.4, 0.5) is 0 Å². The summed E-state index contributed by atoms with van der Waals surface area (Å²) in [5, 5.41) is 0. The molecule has 94 valence electrons. The molecule has 5 aliphatic rings. The highest BCUT2D eigenvalue weighted by Gasteiger charge is 2.69. The normalized spacial score (nSPS) is 51.9. The molecule has 18 heavy (non-hydrogen) atoms. The third-order valence-electron chi connectivity index (χ3n) is 6.75. The van der Waals surface area contributed by atoms with E-state index in [1.807, 2.05) is 0 Å². The van der Waals surface area contributed by atoms with Crippen LogP contribution in [0.5, 0.6) is 0 Å². The molecule has 0 radical (unpaired) electrons. The number of carbonyl (C=O) groups excluding carboxylic acids is 1. The summed E-state index contributed by atoms with van der Waals surface area (Å²) in [5.41, 5.74) is 3.22. The Balaban J connectivity index is 1.64. The number of fused-ring (bicyclic) bond motifs is 4. The Bertz CT molecular complexity index is 512. The van der Waals surface area contributed by atoms with Gasteiger partial charge in [0.05, 0.1) is 0 Å². The van der Waals surface area contributed by atoms with E-state index in [2.05, 4.69) is 12.2 Å². The van der Waals surface area contributed by atoms with Crippen molar-refractivity contribution in [2.45, 2.75) is 44.9 Å². The number of hydrogen-bond donors (Lipinski definition) is 0. The Morgan fingerprint density at radius 3 is 2.89 bits per heavy atom. The molecule has 3 saturated carbocycles. The van der Waals surface area contributed by atoms with Crippen molar-refractivity contribution in [3.63, 3.8) is 0 Å². The summed E-state index contributed by atoms with van der Waals surface area (Å²) < 4.78 is 0. The van der Waals surface area contributed by atoms with Gasteiger partial charge in [-0.15, -0.1) is 0 Å². The number of carbonyl (C=O) groups is 1. The summed E-state index contributed by atoms with van der Waals surface area (Å²) in [5.74, 6) is 3.54. The van der Waals surface area contributed by atoms with Gasteiger partial charge >= 0.3 is 0 Å². The van der Waals surface area contributed by atoms with Crippen LogP contribution in [0.15, 0.2) is 23.3 Å². The van der Waals surface area contributed by atoms with Crippen LogP contribution in [0.2, 0.25) is 0 Å². The van der Waals surface area contributed by atoms with Crippen LogP contribution in [0.3, 0.4) is 0 Å². The summed E-state index contributed by atoms with van der Waals surface area (Å²) in [6, 6.07) is 0. The molecule has 1 nitrogen and oxygen atoms in total. The Morgan fingerprint density at radius 1 is 1.06 bits per heavy atom. The SMILES string of the molecule is O=C1C=C2C3=CCCC3CCC2C2CCC3CC132. The summed E-state index contributed by atoms with van der Waals surface area (Å²) in [4.78, 5) is 12.6. The average Bonchev–Trinajstić information content (AvgIpc) is 2.75. The first kappa shape index (κ1) is 10.00. The zero-order valence-electron chi connectivity index (χ0n) is 10.8. The number of hydrogen-bond acceptors (Lipinski definition) is 1. The van der Waals surface area contributed by atoms with Crippen LogP contribution in [-0.2, 0) is 4.79 Å². The van der Waals surface area contributed by atoms with Gasteiger partial charge in [-0.3, -0.25) is 4.79 Å². The summed E-state index contributed by atoms with van der Waals surface area (Å²) in [6.07, 6.45) is 13.7. The lowest BCUT2D eigenvalue weighted by atomic mass is 9.62. The molecule has 0 aromatic carbocycles. The van der Waals surface area contributed by atoms with Gasteiger partial charge in [0.1, 0.15) is 0 Å². The van der Waals surface area contributed by atoms with E-state index in [0.717, 1.165) is 23.7 Å². The van der Waals surface area contributed by atoms with Crippen molar-refractivity contribution in [3.05, 3.63) is 23.3 Å². The van der Waals surface area contributed by atoms with Crippen molar-refractivity contribution in [2.75, 3.05) is 0 Å². The molecule has 1 heteroatoms. The molecule has 0 saturated heterocycles. The van der Waals surface area contributed by atoms with Crippen molar-refractivity contribution in [1.82, 2.24) is 0 Å². The topological polar surface area (TPSA) is 17.1 Å². The van der Waals surface area contributed by atoms with E-state index in [1.165, 1.54) is 50.5 Å². The first-order valence-electron chi connectivity index (χ1n) is 7.77. The van der Waals surface area contributed by atoms with Crippen LogP contribution in [-0.4, -0.2) is 5.78 Å². The largest absolute Gasteiger partial charge is 0.294 e. The minimum absolute atomic E-state index is 0.153. The van der Waals surface area contributed by atoms with Gasteiger partial charge in [0.15, 0.2) is 5.78 Å². The fourth-order valence-electron chi connectivity index (χ4n) is 5.90. The molecule has 0 amide bonds. The van der Waals surface area contributed by atoms with Gasteiger partial charge in [-0.25, -0.2) is 0 Å². The summed E-state index contributed by atoms with van der Waals surface area (Å²) >= 11 is 0. The van der Waals surface area contributed by atoms with Gasteiger partial charge in [0, 0.05) is 5.41 Å². The summed E-state index contributed by atoms with van der Waals surface area (Å²) in [7, 11) is 0. The highest BCUT2D eigenvalue weighted by atomic mass is 16.1. The maximum absolute atomic E-state index is 12.6. The van der Waals surface area contributed by atoms with E-state index < -0.39 is 0 Å². The lowest BCUT2D eigenvalue weighted by Crippen LogP contribution is -2.37. The third kappa shape index (κ3) is 0.962. The Morgan fingerprint density at radius 2 is 2.00 bits per heavy atom. The molecule has 0 aliphatic heterocycles. The molecule has 0 N–H and O–H groups in total. The maximum Gasteiger partial charge on any atom is 0.162 e. The quantitative estimate of drug-likeness (QED) is 0.631. The molecule has 0 bridgehead atoms. The standard InChI is InChI=1S/C17H20O/c18-16-8-14-12-3-1-2-10(12)4-6-13(14)15-7-5-11-9-17(11,15)16/h3,8,10-11,13,15H,1-2,4-7,9H2. The van der Waals surface area contributed by atoms with Gasteiger partial charge in [-0.05, 0) is 85.8 Å². The van der Waals surface area contributed by atoms with Crippen molar-refractivity contribution in [3.8, 4) is 0 Å². The van der Waals surface area contributed by atoms with E-state index in [-0.39, 0.29) is 5.41 Å². The zero-order chi connectivity index (χ0) is 11.9. The molecule has 0 heterocycles. The van der Waals surface area contributed by atoms with E-state index >= 15 is 0 Å². The Hall–Kier alpha value is -0.850. The second kappa shape index (κ2) is 3.00. The molecule has 5 aliphatic carbocycles. The smallest absolute Gasteiger partial charge is 0.162 e. The second-order valence-corrected chi connectivity index (χ2v) is 7.21. The third-order valence-corrected chi connectivity index (χ3v) is 6.75. The molecular weight excluding hydrogens is 220 g/mol. The van der Waals surface area contributed by atoms with Gasteiger partial charge in [0.2, 0.25) is 0 Å². The first-order chi connectivity index (χ1) is 8.80. The van der Waals surface area contributed by atoms with Gasteiger partial charge in [-0.1, -0.05) is 6.08 Å². The fraction of sp³-hybridized carbons (Fsp3) is 0.706. The molecule has 5 rings (SSSR count). The number of rotatable bonds is 0. The van der Waals surface area contributed by atoms with Crippen molar-refractivity contribution in [2.24, 2.45) is 29.1 Å². The molecule has 5 unspecified atom stereocenters. The van der Waals surface area contributed by atoms with Crippen LogP contribution >= 0.6 is 0 Å². The molecule has 5 atom stereocenters. The van der Waals surface area contributed by atoms with Crippen LogP contribution in [0.25, 0.3) is 0 Å². The molecule has 0 aromatic rings. The van der Waals surface area contributed by atoms with Crippen molar-refractivity contribution < 1.29 is 4.79 Å². The highest BCUT2D eigenvalue weighted by Crippen LogP contribution is 2.72. The Kier molecular flexibility index (Phi) is 1.67. The second-order valence-electron chi connectivity index (χ2n) is 7.21. The van der Waals surface area contributed by atoms with Gasteiger partial charge in [0.25, 0.3) is 0 Å². The fourth-order valence-corrected chi connectivity index (χ4v) is 5.90. The van der Waals surface area contributed by atoms with Gasteiger partial charge < -0.3 is 0 Å². The monoisotopic (exact) mass is 240 g/mol. The number of ketones is 1. The molecule has 1 spiro atoms. The highest BCUT2D eigenvalue weighted by molar-refractivity contribution is 6.00. The first-order valence-corrected chi connectivity index (χ1v) is 7.77. The predicted octanol–water partition coefficient (Wildman–Crippen LogP) is 3.66. The molecular formula is C17H20O. The van der Waals surface area contributed by atoms with Crippen LogP contribution in [0, 0.1) is 29.1 Å². The van der Waals surface area contributed by atoms with Crippen molar-refractivity contribution in [1.29, 1.82) is 0 Å². The minimum atomic E-state index is 0.153. The lowest BCUT2D eigenvalue weighted by molar-refractivity contribution is -0.122. The van der Waals surface area contributed by atoms with E-state index in [1.54, 1.807) is 5.57 Å². The number of allylic oxidation sites excluding steroid dienone is 4. The lowest BCUT2D eigenvalue weighted by Gasteiger charge is -2.41. The molecule has 3 fully saturated rings. The average molecular weight is 240 g/mol. The van der Waals surface area contributed by atoms with E-state index in [4.69, 9.17) is 0 Å².